The van der Waals surface area contributed by atoms with Crippen molar-refractivity contribution in [2.45, 2.75) is 51.3 Å². The molecule has 0 amide bonds. The monoisotopic (exact) mass is 288 g/mol. The number of β-amino-alcohol motifs (C(OH)–C–C–N with tert-alkyl or cyclic N) is 1. The molecule has 2 saturated heterocycles. The maximum atomic E-state index is 10.6. The summed E-state index contributed by atoms with van der Waals surface area (Å²) in [4.78, 5) is 5.14. The molecule has 2 aliphatic rings. The second kappa shape index (κ2) is 6.47. The first-order valence-electron chi connectivity index (χ1n) is 8.36. The first-order chi connectivity index (χ1) is 10.1. The Hall–Kier alpha value is -0.900. The van der Waals surface area contributed by atoms with E-state index in [4.69, 9.17) is 0 Å². The topological polar surface area (TPSA) is 26.7 Å². The number of benzene rings is 1. The van der Waals surface area contributed by atoms with Gasteiger partial charge in [0.15, 0.2) is 0 Å². The van der Waals surface area contributed by atoms with Crippen LogP contribution >= 0.6 is 0 Å². The van der Waals surface area contributed by atoms with Crippen molar-refractivity contribution in [3.63, 3.8) is 0 Å². The van der Waals surface area contributed by atoms with Crippen LogP contribution in [0.1, 0.15) is 43.4 Å². The largest absolute Gasteiger partial charge is 0.387 e. The SMILES string of the molecule is Cc1cccc(C(O)CN2CC3CCCCN3CC2C)c1. The predicted molar refractivity (Wildman–Crippen MR) is 86.4 cm³/mol. The summed E-state index contributed by atoms with van der Waals surface area (Å²) in [5, 5.41) is 10.6. The van der Waals surface area contributed by atoms with Crippen LogP contribution in [0.3, 0.4) is 0 Å². The van der Waals surface area contributed by atoms with E-state index >= 15 is 0 Å². The van der Waals surface area contributed by atoms with E-state index in [-0.39, 0.29) is 6.10 Å². The maximum Gasteiger partial charge on any atom is 0.0917 e. The van der Waals surface area contributed by atoms with Crippen LogP contribution in [0.15, 0.2) is 24.3 Å². The van der Waals surface area contributed by atoms with Crippen molar-refractivity contribution >= 4 is 0 Å². The summed E-state index contributed by atoms with van der Waals surface area (Å²) in [6.07, 6.45) is 3.67. The van der Waals surface area contributed by atoms with Crippen molar-refractivity contribution in [1.82, 2.24) is 9.80 Å². The van der Waals surface area contributed by atoms with Gasteiger partial charge >= 0.3 is 0 Å². The number of piperazine rings is 1. The number of aryl methyl sites for hydroxylation is 1. The molecule has 3 atom stereocenters. The highest BCUT2D eigenvalue weighted by atomic mass is 16.3. The van der Waals surface area contributed by atoms with Gasteiger partial charge in [-0.25, -0.2) is 0 Å². The molecule has 1 aromatic rings. The summed E-state index contributed by atoms with van der Waals surface area (Å²) in [6.45, 7) is 8.68. The van der Waals surface area contributed by atoms with Crippen LogP contribution in [0.2, 0.25) is 0 Å². The molecule has 3 nitrogen and oxygen atoms in total. The molecule has 0 bridgehead atoms. The van der Waals surface area contributed by atoms with Crippen LogP contribution in [-0.2, 0) is 0 Å². The molecule has 0 aliphatic carbocycles. The van der Waals surface area contributed by atoms with E-state index in [1.54, 1.807) is 0 Å². The standard InChI is InChI=1S/C18H28N2O/c1-14-6-5-7-16(10-14)18(21)13-20-12-17-8-3-4-9-19(17)11-15(20)2/h5-7,10,15,17-18,21H,3-4,8-9,11-13H2,1-2H3. The quantitative estimate of drug-likeness (QED) is 0.926. The Kier molecular flexibility index (Phi) is 4.63. The van der Waals surface area contributed by atoms with Crippen molar-refractivity contribution in [2.24, 2.45) is 0 Å². The average molecular weight is 288 g/mol. The highest BCUT2D eigenvalue weighted by Gasteiger charge is 2.33. The molecule has 3 heteroatoms. The number of hydrogen-bond acceptors (Lipinski definition) is 3. The molecule has 3 unspecified atom stereocenters. The van der Waals surface area contributed by atoms with E-state index < -0.39 is 0 Å². The minimum atomic E-state index is -0.373. The Balaban J connectivity index is 1.63. The second-order valence-corrected chi connectivity index (χ2v) is 6.88. The van der Waals surface area contributed by atoms with E-state index in [9.17, 15) is 5.11 Å². The van der Waals surface area contributed by atoms with Crippen molar-refractivity contribution < 1.29 is 5.11 Å². The fraction of sp³-hybridized carbons (Fsp3) is 0.667. The zero-order valence-corrected chi connectivity index (χ0v) is 13.3. The van der Waals surface area contributed by atoms with Crippen molar-refractivity contribution in [3.8, 4) is 0 Å². The van der Waals surface area contributed by atoms with Crippen LogP contribution in [0.5, 0.6) is 0 Å². The first-order valence-corrected chi connectivity index (χ1v) is 8.36. The van der Waals surface area contributed by atoms with Gasteiger partial charge < -0.3 is 5.11 Å². The molecule has 2 heterocycles. The van der Waals surface area contributed by atoms with E-state index in [1.165, 1.54) is 31.4 Å². The van der Waals surface area contributed by atoms with Gasteiger partial charge in [-0.15, -0.1) is 0 Å². The third kappa shape index (κ3) is 3.47. The number of nitrogens with zero attached hydrogens (tertiary/aromatic N) is 2. The van der Waals surface area contributed by atoms with Crippen LogP contribution in [0.4, 0.5) is 0 Å². The fourth-order valence-corrected chi connectivity index (χ4v) is 3.87. The molecule has 1 aromatic carbocycles. The molecule has 3 rings (SSSR count). The Morgan fingerprint density at radius 1 is 1.29 bits per heavy atom. The minimum absolute atomic E-state index is 0.373. The van der Waals surface area contributed by atoms with E-state index in [0.29, 0.717) is 12.1 Å². The van der Waals surface area contributed by atoms with Gasteiger partial charge in [0.05, 0.1) is 6.10 Å². The lowest BCUT2D eigenvalue weighted by Gasteiger charge is -2.48. The van der Waals surface area contributed by atoms with Gasteiger partial charge in [-0.3, -0.25) is 9.80 Å². The first kappa shape index (κ1) is 15.0. The zero-order chi connectivity index (χ0) is 14.8. The number of aliphatic hydroxyl groups excluding tert-OH is 1. The molecule has 1 N–H and O–H groups in total. The normalized spacial score (nSPS) is 29.1. The molecule has 0 saturated carbocycles. The van der Waals surface area contributed by atoms with Crippen molar-refractivity contribution in [3.05, 3.63) is 35.4 Å². The summed E-state index contributed by atoms with van der Waals surface area (Å²) in [5.41, 5.74) is 2.27. The van der Waals surface area contributed by atoms with Gasteiger partial charge in [0.1, 0.15) is 0 Å². The smallest absolute Gasteiger partial charge is 0.0917 e. The molecule has 2 fully saturated rings. The number of aliphatic hydroxyl groups is 1. The van der Waals surface area contributed by atoms with Crippen LogP contribution in [-0.4, -0.2) is 53.2 Å². The van der Waals surface area contributed by atoms with Gasteiger partial charge in [-0.2, -0.15) is 0 Å². The van der Waals surface area contributed by atoms with Crippen LogP contribution in [0, 0.1) is 6.92 Å². The fourth-order valence-electron chi connectivity index (χ4n) is 3.87. The summed E-state index contributed by atoms with van der Waals surface area (Å²) in [6, 6.07) is 9.51. The summed E-state index contributed by atoms with van der Waals surface area (Å²) in [7, 11) is 0. The van der Waals surface area contributed by atoms with Gasteiger partial charge in [0.2, 0.25) is 0 Å². The predicted octanol–water partition coefficient (Wildman–Crippen LogP) is 2.59. The second-order valence-electron chi connectivity index (χ2n) is 6.88. The average Bonchev–Trinajstić information content (AvgIpc) is 2.48. The number of fused-ring (bicyclic) bond motifs is 1. The third-order valence-corrected chi connectivity index (χ3v) is 5.15. The molecular weight excluding hydrogens is 260 g/mol. The minimum Gasteiger partial charge on any atom is -0.387 e. The highest BCUT2D eigenvalue weighted by molar-refractivity contribution is 5.24. The number of piperidine rings is 1. The highest BCUT2D eigenvalue weighted by Crippen LogP contribution is 2.26. The van der Waals surface area contributed by atoms with Crippen molar-refractivity contribution in [2.75, 3.05) is 26.2 Å². The van der Waals surface area contributed by atoms with Crippen molar-refractivity contribution in [1.29, 1.82) is 0 Å². The molecule has 0 radical (unpaired) electrons. The maximum absolute atomic E-state index is 10.6. The molecule has 2 aliphatic heterocycles. The van der Waals surface area contributed by atoms with E-state index in [0.717, 1.165) is 25.2 Å². The summed E-state index contributed by atoms with van der Waals surface area (Å²) >= 11 is 0. The molecular formula is C18H28N2O. The number of hydrogen-bond donors (Lipinski definition) is 1. The third-order valence-electron chi connectivity index (χ3n) is 5.15. The number of rotatable bonds is 3. The van der Waals surface area contributed by atoms with Gasteiger partial charge in [-0.05, 0) is 38.8 Å². The summed E-state index contributed by atoms with van der Waals surface area (Å²) < 4.78 is 0. The van der Waals surface area contributed by atoms with Gasteiger partial charge in [0, 0.05) is 31.7 Å². The molecule has 21 heavy (non-hydrogen) atoms. The Bertz CT molecular complexity index is 476. The Labute approximate surface area is 128 Å². The van der Waals surface area contributed by atoms with Gasteiger partial charge in [-0.1, -0.05) is 36.2 Å². The lowest BCUT2D eigenvalue weighted by Crippen LogP contribution is -2.59. The lowest BCUT2D eigenvalue weighted by atomic mass is 9.96. The zero-order valence-electron chi connectivity index (χ0n) is 13.3. The Morgan fingerprint density at radius 3 is 2.95 bits per heavy atom. The van der Waals surface area contributed by atoms with Gasteiger partial charge in [0.25, 0.3) is 0 Å². The Morgan fingerprint density at radius 2 is 2.14 bits per heavy atom. The molecule has 116 valence electrons. The molecule has 0 aromatic heterocycles. The molecule has 0 spiro atoms. The van der Waals surface area contributed by atoms with E-state index in [2.05, 4.69) is 35.8 Å². The van der Waals surface area contributed by atoms with E-state index in [1.807, 2.05) is 12.1 Å². The van der Waals surface area contributed by atoms with Crippen LogP contribution < -0.4 is 0 Å². The summed E-state index contributed by atoms with van der Waals surface area (Å²) in [5.74, 6) is 0. The van der Waals surface area contributed by atoms with Crippen LogP contribution in [0.25, 0.3) is 0 Å². The lowest BCUT2D eigenvalue weighted by molar-refractivity contribution is -0.00755.